The van der Waals surface area contributed by atoms with Crippen molar-refractivity contribution >= 4 is 17.4 Å². The zero-order valence-corrected chi connectivity index (χ0v) is 15.5. The van der Waals surface area contributed by atoms with Crippen molar-refractivity contribution in [3.05, 3.63) is 83.6 Å². The molecular formula is C22H20N4O2. The van der Waals surface area contributed by atoms with Crippen LogP contribution in [0.3, 0.4) is 0 Å². The first kappa shape index (κ1) is 18.9. The van der Waals surface area contributed by atoms with Gasteiger partial charge in [-0.25, -0.2) is 4.98 Å². The molecule has 0 unspecified atom stereocenters. The average molecular weight is 372 g/mol. The first-order chi connectivity index (χ1) is 13.7. The minimum atomic E-state index is -0.291. The van der Waals surface area contributed by atoms with Gasteiger partial charge in [-0.2, -0.15) is 5.26 Å². The number of para-hydroxylation sites is 1. The molecule has 3 aromatic rings. The number of ether oxygens (including phenoxy) is 1. The summed E-state index contributed by atoms with van der Waals surface area (Å²) in [7, 11) is 1.65. The van der Waals surface area contributed by atoms with Crippen LogP contribution in [0, 0.1) is 11.3 Å². The summed E-state index contributed by atoms with van der Waals surface area (Å²) in [6, 6.07) is 20.2. The summed E-state index contributed by atoms with van der Waals surface area (Å²) >= 11 is 0. The highest BCUT2D eigenvalue weighted by molar-refractivity contribution is 6.05. The molecule has 0 atom stereocenters. The molecule has 1 amide bonds. The first-order valence-corrected chi connectivity index (χ1v) is 8.83. The molecular weight excluding hydrogens is 352 g/mol. The number of anilines is 2. The van der Waals surface area contributed by atoms with Crippen LogP contribution in [0.5, 0.6) is 5.75 Å². The second-order valence-electron chi connectivity index (χ2n) is 6.07. The molecule has 2 aromatic carbocycles. The van der Waals surface area contributed by atoms with Gasteiger partial charge >= 0.3 is 0 Å². The Morgan fingerprint density at radius 3 is 2.82 bits per heavy atom. The van der Waals surface area contributed by atoms with E-state index >= 15 is 0 Å². The van der Waals surface area contributed by atoms with E-state index < -0.39 is 0 Å². The lowest BCUT2D eigenvalue weighted by molar-refractivity contribution is 0.102. The van der Waals surface area contributed by atoms with Gasteiger partial charge in [-0.1, -0.05) is 24.3 Å². The van der Waals surface area contributed by atoms with E-state index in [9.17, 15) is 4.79 Å². The summed E-state index contributed by atoms with van der Waals surface area (Å²) in [5, 5.41) is 15.1. The van der Waals surface area contributed by atoms with Crippen molar-refractivity contribution in [1.82, 2.24) is 4.98 Å². The molecule has 0 aliphatic carbocycles. The van der Waals surface area contributed by atoms with Gasteiger partial charge in [0.1, 0.15) is 17.6 Å². The summed E-state index contributed by atoms with van der Waals surface area (Å²) in [5.74, 6) is 1.15. The maximum absolute atomic E-state index is 12.5. The van der Waals surface area contributed by atoms with E-state index in [1.165, 1.54) is 0 Å². The molecule has 3 rings (SSSR count). The van der Waals surface area contributed by atoms with Crippen molar-refractivity contribution in [2.75, 3.05) is 24.3 Å². The van der Waals surface area contributed by atoms with Gasteiger partial charge in [-0.15, -0.1) is 0 Å². The van der Waals surface area contributed by atoms with Crippen LogP contribution in [-0.4, -0.2) is 24.5 Å². The highest BCUT2D eigenvalue weighted by atomic mass is 16.5. The van der Waals surface area contributed by atoms with Crippen molar-refractivity contribution in [2.45, 2.75) is 6.42 Å². The fourth-order valence-corrected chi connectivity index (χ4v) is 2.72. The minimum Gasteiger partial charge on any atom is -0.497 e. The second-order valence-corrected chi connectivity index (χ2v) is 6.07. The number of hydrogen-bond acceptors (Lipinski definition) is 5. The maximum Gasteiger partial charge on any atom is 0.255 e. The Hall–Kier alpha value is -3.85. The fraction of sp³-hybridized carbons (Fsp3) is 0.136. The summed E-state index contributed by atoms with van der Waals surface area (Å²) in [6.07, 6.45) is 2.38. The summed E-state index contributed by atoms with van der Waals surface area (Å²) in [5.41, 5.74) is 2.52. The minimum absolute atomic E-state index is 0.291. The van der Waals surface area contributed by atoms with Crippen LogP contribution in [0.1, 0.15) is 21.5 Å². The normalized spacial score (nSPS) is 10.0. The molecule has 6 heteroatoms. The van der Waals surface area contributed by atoms with Gasteiger partial charge in [-0.05, 0) is 48.4 Å². The Morgan fingerprint density at radius 1 is 1.14 bits per heavy atom. The third kappa shape index (κ3) is 4.86. The lowest BCUT2D eigenvalue weighted by Crippen LogP contribution is -2.14. The van der Waals surface area contributed by atoms with E-state index in [1.54, 1.807) is 49.7 Å². The Kier molecular flexibility index (Phi) is 6.21. The van der Waals surface area contributed by atoms with Crippen molar-refractivity contribution in [2.24, 2.45) is 0 Å². The van der Waals surface area contributed by atoms with E-state index in [0.717, 1.165) is 17.7 Å². The van der Waals surface area contributed by atoms with Crippen molar-refractivity contribution < 1.29 is 9.53 Å². The number of nitriles is 1. The first-order valence-electron chi connectivity index (χ1n) is 8.83. The molecule has 140 valence electrons. The van der Waals surface area contributed by atoms with Crippen LogP contribution in [0.15, 0.2) is 66.9 Å². The third-order valence-electron chi connectivity index (χ3n) is 4.17. The highest BCUT2D eigenvalue weighted by Gasteiger charge is 2.10. The summed E-state index contributed by atoms with van der Waals surface area (Å²) in [6.45, 7) is 0.669. The van der Waals surface area contributed by atoms with Gasteiger partial charge in [0.15, 0.2) is 0 Å². The molecule has 2 N–H and O–H groups in total. The molecule has 0 saturated carbocycles. The number of aromatic nitrogens is 1. The number of benzene rings is 2. The van der Waals surface area contributed by atoms with Crippen LogP contribution in [0.2, 0.25) is 0 Å². The number of carbonyl (C=O) groups is 1. The van der Waals surface area contributed by atoms with E-state index in [4.69, 9.17) is 10.00 Å². The largest absolute Gasteiger partial charge is 0.497 e. The predicted octanol–water partition coefficient (Wildman–Crippen LogP) is 3.87. The molecule has 1 heterocycles. The number of nitrogens with one attached hydrogen (secondary N) is 2. The summed E-state index contributed by atoms with van der Waals surface area (Å²) in [4.78, 5) is 16.8. The average Bonchev–Trinajstić information content (AvgIpc) is 2.74. The summed E-state index contributed by atoms with van der Waals surface area (Å²) < 4.78 is 5.23. The molecule has 0 spiro atoms. The zero-order chi connectivity index (χ0) is 19.8. The number of nitrogens with zero attached hydrogens (tertiary/aromatic N) is 2. The number of pyridine rings is 1. The smallest absolute Gasteiger partial charge is 0.255 e. The number of methoxy groups -OCH3 is 1. The van der Waals surface area contributed by atoms with E-state index in [-0.39, 0.29) is 5.91 Å². The van der Waals surface area contributed by atoms with Gasteiger partial charge in [-0.3, -0.25) is 4.79 Å². The Morgan fingerprint density at radius 2 is 2.00 bits per heavy atom. The van der Waals surface area contributed by atoms with Crippen LogP contribution in [0.25, 0.3) is 0 Å². The molecule has 0 bridgehead atoms. The number of rotatable bonds is 7. The van der Waals surface area contributed by atoms with Gasteiger partial charge in [0.25, 0.3) is 5.91 Å². The number of hydrogen-bond donors (Lipinski definition) is 2. The fourth-order valence-electron chi connectivity index (χ4n) is 2.72. The SMILES string of the molecule is COc1cccc(CCNc2cc(C(=O)Nc3ccccc3C#N)ccn2)c1. The quantitative estimate of drug-likeness (QED) is 0.657. The standard InChI is InChI=1S/C22H20N4O2/c1-28-19-7-4-5-16(13-19)9-11-24-21-14-17(10-12-25-21)22(27)26-20-8-3-2-6-18(20)15-23/h2-8,10,12-14H,9,11H2,1H3,(H,24,25)(H,26,27). The van der Waals surface area contributed by atoms with Crippen LogP contribution in [-0.2, 0) is 6.42 Å². The molecule has 0 aliphatic rings. The zero-order valence-electron chi connectivity index (χ0n) is 15.5. The van der Waals surface area contributed by atoms with Crippen LogP contribution < -0.4 is 15.4 Å². The monoisotopic (exact) mass is 372 g/mol. The highest BCUT2D eigenvalue weighted by Crippen LogP contribution is 2.16. The molecule has 1 aromatic heterocycles. The topological polar surface area (TPSA) is 87.0 Å². The van der Waals surface area contributed by atoms with E-state index in [1.807, 2.05) is 24.3 Å². The maximum atomic E-state index is 12.5. The Balaban J connectivity index is 1.61. The molecule has 0 saturated heterocycles. The molecule has 0 aliphatic heterocycles. The van der Waals surface area contributed by atoms with E-state index in [2.05, 4.69) is 21.7 Å². The van der Waals surface area contributed by atoms with Crippen LogP contribution >= 0.6 is 0 Å². The third-order valence-corrected chi connectivity index (χ3v) is 4.17. The number of carbonyl (C=O) groups excluding carboxylic acids is 1. The van der Waals surface area contributed by atoms with E-state index in [0.29, 0.717) is 29.2 Å². The Bertz CT molecular complexity index is 1010. The van der Waals surface area contributed by atoms with Crippen molar-refractivity contribution in [3.8, 4) is 11.8 Å². The van der Waals surface area contributed by atoms with Crippen LogP contribution in [0.4, 0.5) is 11.5 Å². The molecule has 28 heavy (non-hydrogen) atoms. The van der Waals surface area contributed by atoms with Gasteiger partial charge < -0.3 is 15.4 Å². The van der Waals surface area contributed by atoms with Crippen molar-refractivity contribution in [1.29, 1.82) is 5.26 Å². The molecule has 6 nitrogen and oxygen atoms in total. The van der Waals surface area contributed by atoms with Gasteiger partial charge in [0.2, 0.25) is 0 Å². The lowest BCUT2D eigenvalue weighted by atomic mass is 10.1. The second kappa shape index (κ2) is 9.19. The molecule has 0 radical (unpaired) electrons. The van der Waals surface area contributed by atoms with Gasteiger partial charge in [0.05, 0.1) is 18.4 Å². The lowest BCUT2D eigenvalue weighted by Gasteiger charge is -2.09. The van der Waals surface area contributed by atoms with Crippen molar-refractivity contribution in [3.63, 3.8) is 0 Å². The predicted molar refractivity (Wildman–Crippen MR) is 109 cm³/mol. The number of amides is 1. The molecule has 0 fully saturated rings. The van der Waals surface area contributed by atoms with Gasteiger partial charge in [0, 0.05) is 18.3 Å². The Labute approximate surface area is 163 Å².